The zero-order valence-corrected chi connectivity index (χ0v) is 15.8. The summed E-state index contributed by atoms with van der Waals surface area (Å²) in [5.41, 5.74) is 3.29. The highest BCUT2D eigenvalue weighted by molar-refractivity contribution is 9.10. The standard InChI is InChI=1S/C19H18BrN5O/c1-12-10-25(11-16(12)13-2-4-15(20)5-3-13)19(26)18-8-17(23-24-18)14-6-7-21-22-9-14/h2-9,12,16H,10-11H2,1H3,(H,23,24)/t12-,16-/m0/s1. The van der Waals surface area contributed by atoms with Crippen LogP contribution in [0.5, 0.6) is 0 Å². The predicted octanol–water partition coefficient (Wildman–Crippen LogP) is 3.50. The second-order valence-electron chi connectivity index (χ2n) is 6.64. The number of nitrogens with one attached hydrogen (secondary N) is 1. The summed E-state index contributed by atoms with van der Waals surface area (Å²) in [5.74, 6) is 0.739. The maximum atomic E-state index is 12.9. The summed E-state index contributed by atoms with van der Waals surface area (Å²) in [7, 11) is 0. The lowest BCUT2D eigenvalue weighted by molar-refractivity contribution is 0.0781. The van der Waals surface area contributed by atoms with E-state index in [1.54, 1.807) is 18.5 Å². The Labute approximate surface area is 159 Å². The lowest BCUT2D eigenvalue weighted by Gasteiger charge is -2.16. The Morgan fingerprint density at radius 1 is 1.19 bits per heavy atom. The van der Waals surface area contributed by atoms with E-state index in [4.69, 9.17) is 0 Å². The number of hydrogen-bond donors (Lipinski definition) is 1. The number of carbonyl (C=O) groups is 1. The molecule has 0 saturated carbocycles. The molecule has 2 aromatic heterocycles. The van der Waals surface area contributed by atoms with Crippen molar-refractivity contribution in [3.05, 3.63) is 64.5 Å². The minimum Gasteiger partial charge on any atom is -0.336 e. The van der Waals surface area contributed by atoms with Gasteiger partial charge in [0.05, 0.1) is 18.1 Å². The van der Waals surface area contributed by atoms with Crippen LogP contribution >= 0.6 is 15.9 Å². The highest BCUT2D eigenvalue weighted by Gasteiger charge is 2.34. The quantitative estimate of drug-likeness (QED) is 0.715. The third-order valence-electron chi connectivity index (χ3n) is 4.89. The zero-order valence-electron chi connectivity index (χ0n) is 14.3. The summed E-state index contributed by atoms with van der Waals surface area (Å²) >= 11 is 3.47. The summed E-state index contributed by atoms with van der Waals surface area (Å²) in [6, 6.07) is 12.0. The Morgan fingerprint density at radius 3 is 2.73 bits per heavy atom. The Balaban J connectivity index is 1.51. The first-order chi connectivity index (χ1) is 12.6. The lowest BCUT2D eigenvalue weighted by atomic mass is 9.90. The smallest absolute Gasteiger partial charge is 0.271 e. The molecule has 0 bridgehead atoms. The molecule has 26 heavy (non-hydrogen) atoms. The van der Waals surface area contributed by atoms with Gasteiger partial charge in [-0.3, -0.25) is 9.89 Å². The number of H-pyrrole nitrogens is 1. The highest BCUT2D eigenvalue weighted by Crippen LogP contribution is 2.33. The van der Waals surface area contributed by atoms with Crippen molar-refractivity contribution in [2.75, 3.05) is 13.1 Å². The molecular formula is C19H18BrN5O. The molecule has 1 aliphatic heterocycles. The van der Waals surface area contributed by atoms with E-state index in [9.17, 15) is 4.79 Å². The minimum absolute atomic E-state index is 0.0165. The Kier molecular flexibility index (Phi) is 4.55. The van der Waals surface area contributed by atoms with Crippen molar-refractivity contribution in [3.8, 4) is 11.3 Å². The van der Waals surface area contributed by atoms with Gasteiger partial charge in [-0.05, 0) is 35.7 Å². The van der Waals surface area contributed by atoms with E-state index in [0.717, 1.165) is 16.6 Å². The third-order valence-corrected chi connectivity index (χ3v) is 5.41. The predicted molar refractivity (Wildman–Crippen MR) is 102 cm³/mol. The van der Waals surface area contributed by atoms with E-state index in [1.165, 1.54) is 5.56 Å². The fourth-order valence-corrected chi connectivity index (χ4v) is 3.73. The van der Waals surface area contributed by atoms with E-state index in [-0.39, 0.29) is 5.91 Å². The van der Waals surface area contributed by atoms with Crippen molar-refractivity contribution in [1.29, 1.82) is 0 Å². The third kappa shape index (κ3) is 3.26. The van der Waals surface area contributed by atoms with Gasteiger partial charge in [0.1, 0.15) is 5.69 Å². The van der Waals surface area contributed by atoms with E-state index in [1.807, 2.05) is 11.0 Å². The van der Waals surface area contributed by atoms with Gasteiger partial charge in [-0.1, -0.05) is 35.0 Å². The molecule has 3 aromatic rings. The number of hydrogen-bond acceptors (Lipinski definition) is 4. The first kappa shape index (κ1) is 16.9. The zero-order chi connectivity index (χ0) is 18.1. The topological polar surface area (TPSA) is 74.8 Å². The van der Waals surface area contributed by atoms with Gasteiger partial charge in [-0.25, -0.2) is 0 Å². The molecule has 1 N–H and O–H groups in total. The SMILES string of the molecule is C[C@H]1CN(C(=O)c2cc(-c3ccnnc3)n[nH]2)C[C@@H]1c1ccc(Br)cc1. The van der Waals surface area contributed by atoms with Crippen LogP contribution in [0, 0.1) is 5.92 Å². The van der Waals surface area contributed by atoms with Gasteiger partial charge in [0.25, 0.3) is 5.91 Å². The number of nitrogens with zero attached hydrogens (tertiary/aromatic N) is 4. The van der Waals surface area contributed by atoms with Crippen molar-refractivity contribution in [2.24, 2.45) is 5.92 Å². The maximum Gasteiger partial charge on any atom is 0.271 e. The fraction of sp³-hybridized carbons (Fsp3) is 0.263. The molecule has 1 saturated heterocycles. The van der Waals surface area contributed by atoms with Crippen molar-refractivity contribution < 1.29 is 4.79 Å². The molecule has 2 atom stereocenters. The second kappa shape index (κ2) is 6.99. The molecule has 0 unspecified atom stereocenters. The lowest BCUT2D eigenvalue weighted by Crippen LogP contribution is -2.29. The molecule has 7 heteroatoms. The van der Waals surface area contributed by atoms with Gasteiger partial charge in [0.15, 0.2) is 0 Å². The van der Waals surface area contributed by atoms with Crippen LogP contribution in [-0.4, -0.2) is 44.3 Å². The molecule has 1 amide bonds. The first-order valence-corrected chi connectivity index (χ1v) is 9.28. The number of benzene rings is 1. The number of rotatable bonds is 3. The van der Waals surface area contributed by atoms with Gasteiger partial charge in [0.2, 0.25) is 0 Å². The number of halogens is 1. The minimum atomic E-state index is -0.0165. The van der Waals surface area contributed by atoms with Crippen LogP contribution in [0.4, 0.5) is 0 Å². The molecule has 1 aromatic carbocycles. The Morgan fingerprint density at radius 2 is 2.00 bits per heavy atom. The summed E-state index contributed by atoms with van der Waals surface area (Å²) in [5, 5.41) is 14.7. The summed E-state index contributed by atoms with van der Waals surface area (Å²) in [6.45, 7) is 3.65. The highest BCUT2D eigenvalue weighted by atomic mass is 79.9. The van der Waals surface area contributed by atoms with Crippen molar-refractivity contribution in [2.45, 2.75) is 12.8 Å². The monoisotopic (exact) mass is 411 g/mol. The number of aromatic nitrogens is 4. The molecular weight excluding hydrogens is 394 g/mol. The Bertz CT molecular complexity index is 909. The summed E-state index contributed by atoms with van der Waals surface area (Å²) in [6.07, 6.45) is 3.24. The van der Waals surface area contributed by atoms with Crippen LogP contribution in [-0.2, 0) is 0 Å². The number of amides is 1. The molecule has 0 radical (unpaired) electrons. The van der Waals surface area contributed by atoms with Crippen LogP contribution in [0.1, 0.15) is 28.9 Å². The molecule has 0 aliphatic carbocycles. The molecule has 6 nitrogen and oxygen atoms in total. The van der Waals surface area contributed by atoms with Gasteiger partial charge in [-0.15, -0.1) is 0 Å². The molecule has 4 rings (SSSR count). The van der Waals surface area contributed by atoms with Crippen LogP contribution in [0.15, 0.2) is 53.3 Å². The average Bonchev–Trinajstić information content (AvgIpc) is 3.30. The van der Waals surface area contributed by atoms with Crippen LogP contribution in [0.3, 0.4) is 0 Å². The average molecular weight is 412 g/mol. The molecule has 0 spiro atoms. The second-order valence-corrected chi connectivity index (χ2v) is 7.56. The summed E-state index contributed by atoms with van der Waals surface area (Å²) in [4.78, 5) is 14.8. The summed E-state index contributed by atoms with van der Waals surface area (Å²) < 4.78 is 1.07. The van der Waals surface area contributed by atoms with Crippen molar-refractivity contribution in [1.82, 2.24) is 25.3 Å². The van der Waals surface area contributed by atoms with E-state index >= 15 is 0 Å². The van der Waals surface area contributed by atoms with Crippen LogP contribution in [0.25, 0.3) is 11.3 Å². The Hall–Kier alpha value is -2.54. The van der Waals surface area contributed by atoms with Crippen molar-refractivity contribution in [3.63, 3.8) is 0 Å². The van der Waals surface area contributed by atoms with Crippen LogP contribution < -0.4 is 0 Å². The molecule has 1 fully saturated rings. The first-order valence-electron chi connectivity index (χ1n) is 8.49. The van der Waals surface area contributed by atoms with E-state index < -0.39 is 0 Å². The number of aromatic amines is 1. The largest absolute Gasteiger partial charge is 0.336 e. The van der Waals surface area contributed by atoms with Crippen molar-refractivity contribution >= 4 is 21.8 Å². The van der Waals surface area contributed by atoms with E-state index in [0.29, 0.717) is 29.8 Å². The van der Waals surface area contributed by atoms with Crippen LogP contribution in [0.2, 0.25) is 0 Å². The normalized spacial score (nSPS) is 19.7. The number of carbonyl (C=O) groups excluding carboxylic acids is 1. The fourth-order valence-electron chi connectivity index (χ4n) is 3.47. The molecule has 3 heterocycles. The van der Waals surface area contributed by atoms with Gasteiger partial charge < -0.3 is 4.90 Å². The maximum absolute atomic E-state index is 12.9. The van der Waals surface area contributed by atoms with Gasteiger partial charge in [0, 0.05) is 29.0 Å². The number of likely N-dealkylation sites (tertiary alicyclic amines) is 1. The molecule has 1 aliphatic rings. The molecule has 132 valence electrons. The van der Waals surface area contributed by atoms with Gasteiger partial charge in [-0.2, -0.15) is 15.3 Å². The van der Waals surface area contributed by atoms with Gasteiger partial charge >= 0.3 is 0 Å². The van der Waals surface area contributed by atoms with E-state index in [2.05, 4.69) is 67.5 Å².